The van der Waals surface area contributed by atoms with E-state index in [1.807, 2.05) is 0 Å². The predicted octanol–water partition coefficient (Wildman–Crippen LogP) is 0.708. The second kappa shape index (κ2) is 5.66. The molecule has 0 bridgehead atoms. The highest BCUT2D eigenvalue weighted by molar-refractivity contribution is 7.90. The van der Waals surface area contributed by atoms with E-state index in [4.69, 9.17) is 16.7 Å². The van der Waals surface area contributed by atoms with Crippen LogP contribution in [0.15, 0.2) is 12.1 Å². The molecule has 1 aromatic heterocycles. The summed E-state index contributed by atoms with van der Waals surface area (Å²) in [4.78, 5) is 5.85. The molecule has 0 aromatic carbocycles. The van der Waals surface area contributed by atoms with Crippen LogP contribution in [0.4, 0.5) is 5.82 Å². The van der Waals surface area contributed by atoms with E-state index in [1.54, 1.807) is 24.1 Å². The van der Waals surface area contributed by atoms with Gasteiger partial charge in [0.2, 0.25) is 0 Å². The molecule has 0 saturated heterocycles. The molecule has 0 amide bonds. The molecule has 1 heterocycles. The summed E-state index contributed by atoms with van der Waals surface area (Å²) in [5.41, 5.74) is 0.385. The van der Waals surface area contributed by atoms with Gasteiger partial charge in [-0.2, -0.15) is 0 Å². The van der Waals surface area contributed by atoms with Gasteiger partial charge < -0.3 is 10.0 Å². The second-order valence-electron chi connectivity index (χ2n) is 3.81. The van der Waals surface area contributed by atoms with Gasteiger partial charge in [-0.05, 0) is 12.1 Å². The number of halogens is 1. The molecule has 1 N–H and O–H groups in total. The molecular weight excluding hydrogens is 264 g/mol. The van der Waals surface area contributed by atoms with Crippen molar-refractivity contribution in [2.24, 2.45) is 0 Å². The van der Waals surface area contributed by atoms with Crippen molar-refractivity contribution in [3.8, 4) is 0 Å². The van der Waals surface area contributed by atoms with Gasteiger partial charge in [0.05, 0.1) is 23.1 Å². The minimum Gasteiger partial charge on any atom is -0.390 e. The standard InChI is InChI=1S/C10H15ClN2O3S/c1-13(5-6-17(2,15)16)10-4-3-8(11)9(7-14)12-10/h3-4,14H,5-7H2,1-2H3. The van der Waals surface area contributed by atoms with Crippen molar-refractivity contribution >= 4 is 27.3 Å². The van der Waals surface area contributed by atoms with Crippen LogP contribution in [-0.2, 0) is 16.4 Å². The highest BCUT2D eigenvalue weighted by Gasteiger charge is 2.09. The van der Waals surface area contributed by atoms with Gasteiger partial charge in [0, 0.05) is 19.8 Å². The summed E-state index contributed by atoms with van der Waals surface area (Å²) in [5, 5.41) is 9.42. The maximum absolute atomic E-state index is 11.0. The largest absolute Gasteiger partial charge is 0.390 e. The minimum atomic E-state index is -3.00. The molecule has 0 aliphatic carbocycles. The molecule has 0 saturated carbocycles. The van der Waals surface area contributed by atoms with Crippen LogP contribution in [0.1, 0.15) is 5.69 Å². The van der Waals surface area contributed by atoms with E-state index < -0.39 is 9.84 Å². The van der Waals surface area contributed by atoms with Gasteiger partial charge in [-0.15, -0.1) is 0 Å². The predicted molar refractivity (Wildman–Crippen MR) is 68.2 cm³/mol. The smallest absolute Gasteiger partial charge is 0.149 e. The third-order valence-electron chi connectivity index (χ3n) is 2.24. The van der Waals surface area contributed by atoms with Crippen molar-refractivity contribution in [1.29, 1.82) is 0 Å². The first-order chi connectivity index (χ1) is 7.83. The molecule has 0 fully saturated rings. The van der Waals surface area contributed by atoms with Crippen LogP contribution in [0.3, 0.4) is 0 Å². The van der Waals surface area contributed by atoms with Crippen LogP contribution in [0.25, 0.3) is 0 Å². The number of aliphatic hydroxyl groups excluding tert-OH is 1. The van der Waals surface area contributed by atoms with Gasteiger partial charge in [0.1, 0.15) is 15.7 Å². The zero-order chi connectivity index (χ0) is 13.1. The third-order valence-corrected chi connectivity index (χ3v) is 3.51. The first-order valence-electron chi connectivity index (χ1n) is 4.98. The number of sulfone groups is 1. The molecule has 0 spiro atoms. The summed E-state index contributed by atoms with van der Waals surface area (Å²) >= 11 is 5.81. The highest BCUT2D eigenvalue weighted by Crippen LogP contribution is 2.18. The Balaban J connectivity index is 2.79. The zero-order valence-corrected chi connectivity index (χ0v) is 11.3. The van der Waals surface area contributed by atoms with Gasteiger partial charge in [-0.3, -0.25) is 0 Å². The van der Waals surface area contributed by atoms with E-state index in [-0.39, 0.29) is 12.4 Å². The molecule has 0 atom stereocenters. The monoisotopic (exact) mass is 278 g/mol. The Labute approximate surface area is 106 Å². The van der Waals surface area contributed by atoms with Gasteiger partial charge in [0.25, 0.3) is 0 Å². The summed E-state index contributed by atoms with van der Waals surface area (Å²) < 4.78 is 22.1. The fourth-order valence-electron chi connectivity index (χ4n) is 1.21. The van der Waals surface area contributed by atoms with E-state index in [9.17, 15) is 8.42 Å². The quantitative estimate of drug-likeness (QED) is 0.859. The zero-order valence-electron chi connectivity index (χ0n) is 9.72. The van der Waals surface area contributed by atoms with Crippen LogP contribution < -0.4 is 4.90 Å². The Kier molecular flexibility index (Phi) is 4.73. The molecule has 1 rings (SSSR count). The summed E-state index contributed by atoms with van der Waals surface area (Å²) in [6.07, 6.45) is 1.19. The molecule has 7 heteroatoms. The first kappa shape index (κ1) is 14.2. The fourth-order valence-corrected chi connectivity index (χ4v) is 1.98. The van der Waals surface area contributed by atoms with Crippen molar-refractivity contribution in [3.05, 3.63) is 22.8 Å². The molecule has 1 aromatic rings. The number of anilines is 1. The lowest BCUT2D eigenvalue weighted by Crippen LogP contribution is -2.25. The first-order valence-corrected chi connectivity index (χ1v) is 7.42. The Morgan fingerprint density at radius 3 is 2.65 bits per heavy atom. The van der Waals surface area contributed by atoms with Crippen molar-refractivity contribution in [2.45, 2.75) is 6.61 Å². The summed E-state index contributed by atoms with van der Waals surface area (Å²) in [6.45, 7) is 0.102. The van der Waals surface area contributed by atoms with Gasteiger partial charge in [0.15, 0.2) is 0 Å². The maximum Gasteiger partial charge on any atom is 0.149 e. The Morgan fingerprint density at radius 1 is 1.47 bits per heavy atom. The number of nitrogens with zero attached hydrogens (tertiary/aromatic N) is 2. The molecule has 0 radical (unpaired) electrons. The highest BCUT2D eigenvalue weighted by atomic mass is 35.5. The average molecular weight is 279 g/mol. The lowest BCUT2D eigenvalue weighted by atomic mass is 10.3. The molecule has 0 unspecified atom stereocenters. The lowest BCUT2D eigenvalue weighted by molar-refractivity contribution is 0.277. The van der Waals surface area contributed by atoms with E-state index in [0.717, 1.165) is 0 Å². The Morgan fingerprint density at radius 2 is 2.12 bits per heavy atom. The number of aliphatic hydroxyl groups is 1. The topological polar surface area (TPSA) is 70.5 Å². The maximum atomic E-state index is 11.0. The van der Waals surface area contributed by atoms with E-state index in [0.29, 0.717) is 23.1 Å². The summed E-state index contributed by atoms with van der Waals surface area (Å²) in [7, 11) is -1.26. The lowest BCUT2D eigenvalue weighted by Gasteiger charge is -2.18. The Bertz CT molecular complexity index is 490. The Hall–Kier alpha value is -0.850. The van der Waals surface area contributed by atoms with Crippen molar-refractivity contribution in [2.75, 3.05) is 30.5 Å². The van der Waals surface area contributed by atoms with E-state index >= 15 is 0 Å². The molecule has 17 heavy (non-hydrogen) atoms. The number of hydrogen-bond acceptors (Lipinski definition) is 5. The van der Waals surface area contributed by atoms with Crippen LogP contribution >= 0.6 is 11.6 Å². The van der Waals surface area contributed by atoms with Crippen LogP contribution in [-0.4, -0.2) is 44.1 Å². The molecule has 0 aliphatic heterocycles. The van der Waals surface area contributed by atoms with E-state index in [1.165, 1.54) is 6.26 Å². The second-order valence-corrected chi connectivity index (χ2v) is 6.47. The van der Waals surface area contributed by atoms with Crippen molar-refractivity contribution in [1.82, 2.24) is 4.98 Å². The SMILES string of the molecule is CN(CCS(C)(=O)=O)c1ccc(Cl)c(CO)n1. The van der Waals surface area contributed by atoms with Gasteiger partial charge in [-0.25, -0.2) is 13.4 Å². The number of pyridine rings is 1. The molecule has 5 nitrogen and oxygen atoms in total. The summed E-state index contributed by atoms with van der Waals surface area (Å²) in [5.74, 6) is 0.643. The third kappa shape index (κ3) is 4.49. The number of rotatable bonds is 5. The average Bonchev–Trinajstić information content (AvgIpc) is 2.25. The van der Waals surface area contributed by atoms with E-state index in [2.05, 4.69) is 4.98 Å². The van der Waals surface area contributed by atoms with Crippen LogP contribution in [0.5, 0.6) is 0 Å². The van der Waals surface area contributed by atoms with Crippen LogP contribution in [0.2, 0.25) is 5.02 Å². The van der Waals surface area contributed by atoms with Crippen molar-refractivity contribution < 1.29 is 13.5 Å². The molecular formula is C10H15ClN2O3S. The minimum absolute atomic E-state index is 0.0578. The van der Waals surface area contributed by atoms with Crippen molar-refractivity contribution in [3.63, 3.8) is 0 Å². The van der Waals surface area contributed by atoms with Gasteiger partial charge >= 0.3 is 0 Å². The molecule has 96 valence electrons. The number of aromatic nitrogens is 1. The molecule has 0 aliphatic rings. The van der Waals surface area contributed by atoms with Gasteiger partial charge in [-0.1, -0.05) is 11.6 Å². The fraction of sp³-hybridized carbons (Fsp3) is 0.500. The normalized spacial score (nSPS) is 11.5. The van der Waals surface area contributed by atoms with Crippen LogP contribution in [0, 0.1) is 0 Å². The summed E-state index contributed by atoms with van der Waals surface area (Å²) in [6, 6.07) is 3.32. The number of hydrogen-bond donors (Lipinski definition) is 1.